The Bertz CT molecular complexity index is 1030. The molecule has 0 unspecified atom stereocenters. The normalized spacial score (nSPS) is 12.7. The minimum absolute atomic E-state index is 0.106. The van der Waals surface area contributed by atoms with Crippen molar-refractivity contribution >= 4 is 11.8 Å². The highest BCUT2D eigenvalue weighted by molar-refractivity contribution is 5.95. The van der Waals surface area contributed by atoms with Crippen molar-refractivity contribution in [3.05, 3.63) is 84.4 Å². The van der Waals surface area contributed by atoms with Gasteiger partial charge in [-0.2, -0.15) is 0 Å². The van der Waals surface area contributed by atoms with Crippen LogP contribution in [0, 0.1) is 5.92 Å². The number of hydrogen-bond acceptors (Lipinski definition) is 4. The second-order valence-electron chi connectivity index (χ2n) is 8.01. The summed E-state index contributed by atoms with van der Waals surface area (Å²) in [5, 5.41) is 2.94. The van der Waals surface area contributed by atoms with Gasteiger partial charge in [0.05, 0.1) is 12.6 Å². The molecule has 0 saturated carbocycles. The molecule has 0 radical (unpaired) electrons. The average Bonchev–Trinajstić information content (AvgIpc) is 2.84. The quantitative estimate of drug-likeness (QED) is 0.340. The Balaban J connectivity index is 1.66. The molecule has 0 aliphatic rings. The number of benzene rings is 3. The third-order valence-electron chi connectivity index (χ3n) is 5.45. The average molecular weight is 447 g/mol. The van der Waals surface area contributed by atoms with E-state index in [9.17, 15) is 9.59 Å². The predicted molar refractivity (Wildman–Crippen MR) is 129 cm³/mol. The van der Waals surface area contributed by atoms with E-state index in [2.05, 4.69) is 41.7 Å². The summed E-state index contributed by atoms with van der Waals surface area (Å²) < 4.78 is 10.3. The first-order valence-electron chi connectivity index (χ1n) is 10.9. The Morgan fingerprint density at radius 2 is 1.36 bits per heavy atom. The number of nitrogens with two attached hydrogens (primary N) is 1. The van der Waals surface area contributed by atoms with Gasteiger partial charge in [0.1, 0.15) is 6.79 Å². The first-order chi connectivity index (χ1) is 16.0. The molecule has 3 aromatic carbocycles. The van der Waals surface area contributed by atoms with Crippen LogP contribution >= 0.6 is 0 Å². The first-order valence-corrected chi connectivity index (χ1v) is 10.9. The maximum atomic E-state index is 12.8. The summed E-state index contributed by atoms with van der Waals surface area (Å²) in [5.41, 5.74) is 10.3. The Morgan fingerprint density at radius 3 is 1.88 bits per heavy atom. The van der Waals surface area contributed by atoms with E-state index in [0.717, 1.165) is 16.7 Å². The number of rotatable bonds is 11. The number of hydrogen-bond donors (Lipinski definition) is 2. The van der Waals surface area contributed by atoms with Crippen molar-refractivity contribution in [2.45, 2.75) is 19.4 Å². The number of carbonyl (C=O) groups is 2. The molecule has 3 rings (SSSR count). The molecule has 3 N–H and O–H groups in total. The molecule has 0 saturated heterocycles. The summed E-state index contributed by atoms with van der Waals surface area (Å²) in [5.74, 6) is -1.03. The number of ether oxygens (including phenoxy) is 2. The van der Waals surface area contributed by atoms with E-state index >= 15 is 0 Å². The monoisotopic (exact) mass is 446 g/mol. The van der Waals surface area contributed by atoms with Crippen LogP contribution in [0.3, 0.4) is 0 Å². The van der Waals surface area contributed by atoms with Gasteiger partial charge in [0, 0.05) is 18.6 Å². The van der Waals surface area contributed by atoms with E-state index in [-0.39, 0.29) is 31.3 Å². The highest BCUT2D eigenvalue weighted by Gasteiger charge is 2.20. The van der Waals surface area contributed by atoms with Crippen molar-refractivity contribution < 1.29 is 19.1 Å². The van der Waals surface area contributed by atoms with Crippen LogP contribution in [0.2, 0.25) is 0 Å². The zero-order chi connectivity index (χ0) is 23.6. The van der Waals surface area contributed by atoms with E-state index in [1.807, 2.05) is 30.3 Å². The molecular formula is C27H30N2O4. The number of methoxy groups -OCH3 is 1. The smallest absolute Gasteiger partial charge is 0.251 e. The van der Waals surface area contributed by atoms with Crippen molar-refractivity contribution in [3.8, 4) is 22.3 Å². The molecule has 0 fully saturated rings. The molecule has 3 aromatic rings. The Labute approximate surface area is 194 Å². The highest BCUT2D eigenvalue weighted by atomic mass is 16.7. The molecule has 6 heteroatoms. The molecule has 0 heterocycles. The lowest BCUT2D eigenvalue weighted by atomic mass is 9.99. The van der Waals surface area contributed by atoms with Gasteiger partial charge in [0.25, 0.3) is 5.91 Å². The molecule has 2 amide bonds. The second kappa shape index (κ2) is 11.9. The lowest BCUT2D eigenvalue weighted by Crippen LogP contribution is -2.41. The molecule has 0 aliphatic carbocycles. The lowest BCUT2D eigenvalue weighted by Gasteiger charge is -2.21. The summed E-state index contributed by atoms with van der Waals surface area (Å²) in [4.78, 5) is 24.2. The fourth-order valence-corrected chi connectivity index (χ4v) is 3.55. The minimum Gasteiger partial charge on any atom is -0.369 e. The van der Waals surface area contributed by atoms with Crippen molar-refractivity contribution in [3.63, 3.8) is 0 Å². The molecule has 0 aromatic heterocycles. The van der Waals surface area contributed by atoms with Gasteiger partial charge in [0.15, 0.2) is 0 Å². The Morgan fingerprint density at radius 1 is 0.848 bits per heavy atom. The van der Waals surface area contributed by atoms with Gasteiger partial charge in [-0.15, -0.1) is 0 Å². The topological polar surface area (TPSA) is 90.7 Å². The largest absolute Gasteiger partial charge is 0.369 e. The zero-order valence-electron chi connectivity index (χ0n) is 19.0. The third-order valence-corrected chi connectivity index (χ3v) is 5.45. The van der Waals surface area contributed by atoms with Gasteiger partial charge in [-0.1, -0.05) is 73.7 Å². The summed E-state index contributed by atoms with van der Waals surface area (Å²) in [6.45, 7) is 2.06. The second-order valence-corrected chi connectivity index (χ2v) is 8.01. The van der Waals surface area contributed by atoms with Crippen LogP contribution in [0.1, 0.15) is 23.7 Å². The van der Waals surface area contributed by atoms with Gasteiger partial charge in [0.2, 0.25) is 5.91 Å². The van der Waals surface area contributed by atoms with Crippen LogP contribution in [0.25, 0.3) is 22.3 Å². The number of carbonyl (C=O) groups excluding carboxylic acids is 2. The van der Waals surface area contributed by atoms with Crippen LogP contribution in [0.15, 0.2) is 78.9 Å². The van der Waals surface area contributed by atoms with Crippen LogP contribution < -0.4 is 11.1 Å². The van der Waals surface area contributed by atoms with E-state index < -0.39 is 5.91 Å². The molecule has 0 spiro atoms. The minimum atomic E-state index is -0.413. The molecular weight excluding hydrogens is 416 g/mol. The summed E-state index contributed by atoms with van der Waals surface area (Å²) in [6, 6.07) is 25.6. The number of amides is 2. The van der Waals surface area contributed by atoms with Gasteiger partial charge >= 0.3 is 0 Å². The van der Waals surface area contributed by atoms with E-state index in [1.165, 1.54) is 12.7 Å². The summed E-state index contributed by atoms with van der Waals surface area (Å²) in [6.07, 6.45) is 0.386. The maximum absolute atomic E-state index is 12.8. The van der Waals surface area contributed by atoms with Crippen LogP contribution in [0.5, 0.6) is 0 Å². The number of primary amides is 1. The lowest BCUT2D eigenvalue weighted by molar-refractivity contribution is -0.121. The highest BCUT2D eigenvalue weighted by Crippen LogP contribution is 2.25. The number of nitrogens with one attached hydrogen (secondary N) is 1. The van der Waals surface area contributed by atoms with Gasteiger partial charge < -0.3 is 20.5 Å². The van der Waals surface area contributed by atoms with Crippen LogP contribution in [-0.2, 0) is 14.3 Å². The van der Waals surface area contributed by atoms with E-state index in [0.29, 0.717) is 12.0 Å². The van der Waals surface area contributed by atoms with Gasteiger partial charge in [-0.3, -0.25) is 9.59 Å². The molecule has 33 heavy (non-hydrogen) atoms. The van der Waals surface area contributed by atoms with Crippen molar-refractivity contribution in [2.24, 2.45) is 11.7 Å². The van der Waals surface area contributed by atoms with Gasteiger partial charge in [-0.05, 0) is 40.8 Å². The zero-order valence-corrected chi connectivity index (χ0v) is 19.0. The van der Waals surface area contributed by atoms with E-state index in [1.54, 1.807) is 19.1 Å². The van der Waals surface area contributed by atoms with Crippen molar-refractivity contribution in [1.82, 2.24) is 5.32 Å². The molecule has 172 valence electrons. The van der Waals surface area contributed by atoms with Gasteiger partial charge in [-0.25, -0.2) is 0 Å². The Hall–Kier alpha value is -3.48. The van der Waals surface area contributed by atoms with Crippen molar-refractivity contribution in [1.29, 1.82) is 0 Å². The summed E-state index contributed by atoms with van der Waals surface area (Å²) in [7, 11) is 1.52. The third kappa shape index (κ3) is 7.00. The maximum Gasteiger partial charge on any atom is 0.251 e. The SMILES string of the molecule is COCOC[C@H](C[C@H](C)C(N)=O)NC(=O)c1ccc(-c2ccc(-c3ccccc3)cc2)cc1. The first kappa shape index (κ1) is 24.2. The molecule has 2 atom stereocenters. The molecule has 0 bridgehead atoms. The molecule has 6 nitrogen and oxygen atoms in total. The standard InChI is InChI=1S/C27H30N2O4/c1-19(26(28)30)16-25(17-33-18-32-2)29-27(31)24-14-12-23(13-15-24)22-10-8-21(9-11-22)20-6-4-3-5-7-20/h3-15,19,25H,16-18H2,1-2H3,(H2,28,30)(H,29,31)/t19-,25-/m0/s1. The van der Waals surface area contributed by atoms with Crippen LogP contribution in [0.4, 0.5) is 0 Å². The van der Waals surface area contributed by atoms with E-state index in [4.69, 9.17) is 15.2 Å². The fraction of sp³-hybridized carbons (Fsp3) is 0.259. The van der Waals surface area contributed by atoms with Crippen LogP contribution in [-0.4, -0.2) is 38.4 Å². The Kier molecular flexibility index (Phi) is 8.75. The fourth-order valence-electron chi connectivity index (χ4n) is 3.55. The predicted octanol–water partition coefficient (Wildman–Crippen LogP) is 4.25. The summed E-state index contributed by atoms with van der Waals surface area (Å²) >= 11 is 0. The van der Waals surface area contributed by atoms with Crippen molar-refractivity contribution in [2.75, 3.05) is 20.5 Å². The molecule has 0 aliphatic heterocycles.